The number of halogens is 1. The zero-order valence-electron chi connectivity index (χ0n) is 13.7. The standard InChI is InChI=1S/C17H26N2O2.ClH/c1-13(2)8-11-21-16-6-4-15(5-7-16)17(20)19-10-9-18-12-14(19)3;/h4-7,13-14,18H,8-12H2,1-3H3;1H. The van der Waals surface area contributed by atoms with E-state index in [4.69, 9.17) is 4.74 Å². The number of carbonyl (C=O) groups is 1. The molecule has 1 aromatic rings. The number of nitrogens with one attached hydrogen (secondary N) is 1. The maximum atomic E-state index is 12.5. The van der Waals surface area contributed by atoms with Crippen molar-refractivity contribution in [3.05, 3.63) is 29.8 Å². The van der Waals surface area contributed by atoms with E-state index in [0.717, 1.165) is 44.0 Å². The van der Waals surface area contributed by atoms with Crippen molar-refractivity contribution in [2.75, 3.05) is 26.2 Å². The van der Waals surface area contributed by atoms with Crippen molar-refractivity contribution in [3.8, 4) is 5.75 Å². The molecular formula is C17H27ClN2O2. The first-order valence-electron chi connectivity index (χ1n) is 7.82. The SMILES string of the molecule is CC(C)CCOc1ccc(C(=O)N2CCNCC2C)cc1.Cl. The van der Waals surface area contributed by atoms with Crippen molar-refractivity contribution >= 4 is 18.3 Å². The van der Waals surface area contributed by atoms with Crippen LogP contribution in [-0.4, -0.2) is 43.1 Å². The Morgan fingerprint density at radius 3 is 2.64 bits per heavy atom. The zero-order valence-corrected chi connectivity index (χ0v) is 14.5. The Morgan fingerprint density at radius 2 is 2.05 bits per heavy atom. The molecule has 0 saturated carbocycles. The minimum atomic E-state index is 0. The Hall–Kier alpha value is -1.26. The van der Waals surface area contributed by atoms with E-state index in [1.165, 1.54) is 0 Å². The molecule has 1 N–H and O–H groups in total. The fraction of sp³-hybridized carbons (Fsp3) is 0.588. The second-order valence-electron chi connectivity index (χ2n) is 6.11. The number of carbonyl (C=O) groups excluding carboxylic acids is 1. The summed E-state index contributed by atoms with van der Waals surface area (Å²) in [5, 5.41) is 3.30. The van der Waals surface area contributed by atoms with Gasteiger partial charge in [0.25, 0.3) is 5.91 Å². The lowest BCUT2D eigenvalue weighted by molar-refractivity contribution is 0.0655. The summed E-state index contributed by atoms with van der Waals surface area (Å²) in [6, 6.07) is 7.75. The summed E-state index contributed by atoms with van der Waals surface area (Å²) in [6.45, 7) is 9.66. The van der Waals surface area contributed by atoms with Gasteiger partial charge in [0.15, 0.2) is 0 Å². The van der Waals surface area contributed by atoms with Crippen molar-refractivity contribution < 1.29 is 9.53 Å². The molecule has 1 heterocycles. The van der Waals surface area contributed by atoms with Crippen molar-refractivity contribution in [1.82, 2.24) is 10.2 Å². The third-order valence-corrected chi connectivity index (χ3v) is 3.83. The molecular weight excluding hydrogens is 300 g/mol. The summed E-state index contributed by atoms with van der Waals surface area (Å²) >= 11 is 0. The van der Waals surface area contributed by atoms with Gasteiger partial charge in [0.05, 0.1) is 6.61 Å². The zero-order chi connectivity index (χ0) is 15.2. The molecule has 1 fully saturated rings. The van der Waals surface area contributed by atoms with Crippen LogP contribution in [0.4, 0.5) is 0 Å². The summed E-state index contributed by atoms with van der Waals surface area (Å²) in [4.78, 5) is 14.4. The largest absolute Gasteiger partial charge is 0.494 e. The fourth-order valence-electron chi connectivity index (χ4n) is 2.41. The molecule has 1 amide bonds. The lowest BCUT2D eigenvalue weighted by atomic mass is 10.1. The Bertz CT molecular complexity index is 462. The topological polar surface area (TPSA) is 41.6 Å². The Labute approximate surface area is 139 Å². The molecule has 0 aromatic heterocycles. The molecule has 1 aromatic carbocycles. The van der Waals surface area contributed by atoms with Gasteiger partial charge in [0, 0.05) is 31.2 Å². The van der Waals surface area contributed by atoms with Crippen molar-refractivity contribution in [2.45, 2.75) is 33.2 Å². The van der Waals surface area contributed by atoms with Crippen LogP contribution in [0.5, 0.6) is 5.75 Å². The lowest BCUT2D eigenvalue weighted by Gasteiger charge is -2.34. The van der Waals surface area contributed by atoms with E-state index in [9.17, 15) is 4.79 Å². The molecule has 1 atom stereocenters. The summed E-state index contributed by atoms with van der Waals surface area (Å²) < 4.78 is 5.68. The normalized spacial score (nSPS) is 18.0. The summed E-state index contributed by atoms with van der Waals surface area (Å²) in [6.07, 6.45) is 1.04. The average molecular weight is 327 g/mol. The summed E-state index contributed by atoms with van der Waals surface area (Å²) in [5.74, 6) is 1.58. The van der Waals surface area contributed by atoms with Gasteiger partial charge in [-0.15, -0.1) is 12.4 Å². The quantitative estimate of drug-likeness (QED) is 0.904. The second kappa shape index (κ2) is 9.01. The van der Waals surface area contributed by atoms with Crippen LogP contribution < -0.4 is 10.1 Å². The van der Waals surface area contributed by atoms with Gasteiger partial charge < -0.3 is 15.0 Å². The highest BCUT2D eigenvalue weighted by Gasteiger charge is 2.23. The van der Waals surface area contributed by atoms with Gasteiger partial charge in [-0.05, 0) is 43.5 Å². The number of piperazine rings is 1. The predicted molar refractivity (Wildman–Crippen MR) is 92.0 cm³/mol. The second-order valence-corrected chi connectivity index (χ2v) is 6.11. The Kier molecular flexibility index (Phi) is 7.69. The van der Waals surface area contributed by atoms with Crippen LogP contribution in [0.25, 0.3) is 0 Å². The predicted octanol–water partition coefficient (Wildman–Crippen LogP) is 2.97. The molecule has 1 aliphatic rings. The maximum absolute atomic E-state index is 12.5. The van der Waals surface area contributed by atoms with E-state index >= 15 is 0 Å². The average Bonchev–Trinajstić information content (AvgIpc) is 2.47. The van der Waals surface area contributed by atoms with E-state index in [-0.39, 0.29) is 24.4 Å². The highest BCUT2D eigenvalue weighted by atomic mass is 35.5. The minimum Gasteiger partial charge on any atom is -0.494 e. The molecule has 5 heteroatoms. The van der Waals surface area contributed by atoms with Crippen LogP contribution in [-0.2, 0) is 0 Å². The van der Waals surface area contributed by atoms with Crippen molar-refractivity contribution in [3.63, 3.8) is 0 Å². The molecule has 4 nitrogen and oxygen atoms in total. The van der Waals surface area contributed by atoms with Crippen LogP contribution in [0.3, 0.4) is 0 Å². The van der Waals surface area contributed by atoms with Crippen molar-refractivity contribution in [2.24, 2.45) is 5.92 Å². The minimum absolute atomic E-state index is 0. The number of nitrogens with zero attached hydrogens (tertiary/aromatic N) is 1. The lowest BCUT2D eigenvalue weighted by Crippen LogP contribution is -2.52. The number of ether oxygens (including phenoxy) is 1. The third kappa shape index (κ3) is 5.18. The number of benzene rings is 1. The molecule has 0 aliphatic carbocycles. The first-order valence-corrected chi connectivity index (χ1v) is 7.82. The van der Waals surface area contributed by atoms with Gasteiger partial charge in [0.1, 0.15) is 5.75 Å². The number of hydrogen-bond acceptors (Lipinski definition) is 3. The van der Waals surface area contributed by atoms with E-state index < -0.39 is 0 Å². The van der Waals surface area contributed by atoms with Gasteiger partial charge in [-0.25, -0.2) is 0 Å². The fourth-order valence-corrected chi connectivity index (χ4v) is 2.41. The van der Waals surface area contributed by atoms with E-state index in [1.54, 1.807) is 0 Å². The van der Waals surface area contributed by atoms with Gasteiger partial charge in [-0.1, -0.05) is 13.8 Å². The first kappa shape index (κ1) is 18.8. The van der Waals surface area contributed by atoms with Crippen molar-refractivity contribution in [1.29, 1.82) is 0 Å². The monoisotopic (exact) mass is 326 g/mol. The van der Waals surface area contributed by atoms with Crippen LogP contribution in [0, 0.1) is 5.92 Å². The first-order chi connectivity index (χ1) is 10.1. The molecule has 0 spiro atoms. The van der Waals surface area contributed by atoms with Crippen LogP contribution in [0.15, 0.2) is 24.3 Å². The van der Waals surface area contributed by atoms with Gasteiger partial charge >= 0.3 is 0 Å². The van der Waals surface area contributed by atoms with Crippen LogP contribution >= 0.6 is 12.4 Å². The van der Waals surface area contributed by atoms with E-state index in [0.29, 0.717) is 5.92 Å². The smallest absolute Gasteiger partial charge is 0.254 e. The third-order valence-electron chi connectivity index (χ3n) is 3.83. The summed E-state index contributed by atoms with van der Waals surface area (Å²) in [7, 11) is 0. The maximum Gasteiger partial charge on any atom is 0.254 e. The highest BCUT2D eigenvalue weighted by molar-refractivity contribution is 5.94. The Balaban J connectivity index is 0.00000242. The van der Waals surface area contributed by atoms with Crippen LogP contribution in [0.2, 0.25) is 0 Å². The molecule has 1 saturated heterocycles. The molecule has 0 bridgehead atoms. The molecule has 22 heavy (non-hydrogen) atoms. The van der Waals surface area contributed by atoms with Gasteiger partial charge in [0.2, 0.25) is 0 Å². The molecule has 0 radical (unpaired) electrons. The summed E-state index contributed by atoms with van der Waals surface area (Å²) in [5.41, 5.74) is 0.736. The number of hydrogen-bond donors (Lipinski definition) is 1. The van der Waals surface area contributed by atoms with Crippen LogP contribution in [0.1, 0.15) is 37.6 Å². The Morgan fingerprint density at radius 1 is 1.36 bits per heavy atom. The van der Waals surface area contributed by atoms with E-state index in [1.807, 2.05) is 29.2 Å². The molecule has 1 unspecified atom stereocenters. The molecule has 2 rings (SSSR count). The molecule has 124 valence electrons. The molecule has 1 aliphatic heterocycles. The van der Waals surface area contributed by atoms with Gasteiger partial charge in [-0.2, -0.15) is 0 Å². The number of rotatable bonds is 5. The highest BCUT2D eigenvalue weighted by Crippen LogP contribution is 2.16. The number of amides is 1. The van der Waals surface area contributed by atoms with Gasteiger partial charge in [-0.3, -0.25) is 4.79 Å². The van der Waals surface area contributed by atoms with E-state index in [2.05, 4.69) is 26.1 Å².